The number of hydrogen-bond acceptors (Lipinski definition) is 2. The van der Waals surface area contributed by atoms with Gasteiger partial charge in [-0.15, -0.1) is 0 Å². The zero-order valence-corrected chi connectivity index (χ0v) is 11.9. The van der Waals surface area contributed by atoms with Crippen LogP contribution in [0.5, 0.6) is 0 Å². The fourth-order valence-electron chi connectivity index (χ4n) is 1.33. The second-order valence-corrected chi connectivity index (χ2v) is 4.60. The number of amides is 3. The lowest BCUT2D eigenvalue weighted by Gasteiger charge is -2.08. The first kappa shape index (κ1) is 15.6. The van der Waals surface area contributed by atoms with E-state index in [1.807, 2.05) is 0 Å². The van der Waals surface area contributed by atoms with Gasteiger partial charge in [0.15, 0.2) is 0 Å². The van der Waals surface area contributed by atoms with Gasteiger partial charge in [0.1, 0.15) is 0 Å². The molecule has 0 aliphatic rings. The Bertz CT molecular complexity index is 466. The summed E-state index contributed by atoms with van der Waals surface area (Å²) in [7, 11) is 1.58. The minimum atomic E-state index is -0.352. The Morgan fingerprint density at radius 1 is 1.21 bits per heavy atom. The Kier molecular flexibility index (Phi) is 6.45. The summed E-state index contributed by atoms with van der Waals surface area (Å²) in [5, 5.41) is 8.57. The van der Waals surface area contributed by atoms with Crippen molar-refractivity contribution in [2.45, 2.75) is 12.8 Å². The number of carbonyl (C=O) groups is 2. The summed E-state index contributed by atoms with van der Waals surface area (Å²) in [4.78, 5) is 22.5. The molecule has 0 aliphatic carbocycles. The number of carbonyl (C=O) groups excluding carboxylic acids is 2. The van der Waals surface area contributed by atoms with E-state index in [1.165, 1.54) is 0 Å². The van der Waals surface area contributed by atoms with E-state index in [0.717, 1.165) is 0 Å². The van der Waals surface area contributed by atoms with Gasteiger partial charge in [0.2, 0.25) is 5.91 Å². The minimum Gasteiger partial charge on any atom is -0.359 e. The van der Waals surface area contributed by atoms with Gasteiger partial charge in [0.05, 0.1) is 10.0 Å². The van der Waals surface area contributed by atoms with Crippen molar-refractivity contribution in [3.05, 3.63) is 28.2 Å². The summed E-state index contributed by atoms with van der Waals surface area (Å²) in [5.41, 5.74) is 0.554. The van der Waals surface area contributed by atoms with Crippen molar-refractivity contribution in [2.75, 3.05) is 18.9 Å². The van der Waals surface area contributed by atoms with Crippen LogP contribution in [-0.2, 0) is 4.79 Å². The van der Waals surface area contributed by atoms with E-state index in [-0.39, 0.29) is 11.9 Å². The van der Waals surface area contributed by atoms with Gasteiger partial charge in [-0.05, 0) is 24.6 Å². The Hall–Kier alpha value is -1.46. The summed E-state index contributed by atoms with van der Waals surface area (Å²) in [6.45, 7) is 0.417. The predicted molar refractivity (Wildman–Crippen MR) is 76.8 cm³/mol. The maximum absolute atomic E-state index is 11.5. The van der Waals surface area contributed by atoms with Crippen molar-refractivity contribution < 1.29 is 9.59 Å². The predicted octanol–water partition coefficient (Wildman–Crippen LogP) is 2.64. The van der Waals surface area contributed by atoms with E-state index >= 15 is 0 Å². The molecular formula is C12H15Cl2N3O2. The molecule has 0 radical (unpaired) electrons. The Balaban J connectivity index is 2.31. The van der Waals surface area contributed by atoms with Gasteiger partial charge in [-0.3, -0.25) is 4.79 Å². The molecule has 0 fully saturated rings. The van der Waals surface area contributed by atoms with E-state index in [0.29, 0.717) is 35.1 Å². The van der Waals surface area contributed by atoms with Crippen LogP contribution in [-0.4, -0.2) is 25.5 Å². The van der Waals surface area contributed by atoms with Crippen LogP contribution in [0.15, 0.2) is 18.2 Å². The monoisotopic (exact) mass is 303 g/mol. The second kappa shape index (κ2) is 7.86. The lowest BCUT2D eigenvalue weighted by molar-refractivity contribution is -0.120. The Labute approximate surface area is 121 Å². The zero-order chi connectivity index (χ0) is 14.3. The average molecular weight is 304 g/mol. The first-order valence-electron chi connectivity index (χ1n) is 5.73. The van der Waals surface area contributed by atoms with Crippen LogP contribution in [0.1, 0.15) is 12.8 Å². The standard InChI is InChI=1S/C12H15Cl2N3O2/c1-15-11(18)3-2-6-16-12(19)17-8-4-5-9(13)10(14)7-8/h4-5,7H,2-3,6H2,1H3,(H,15,18)(H2,16,17,19). The van der Waals surface area contributed by atoms with Gasteiger partial charge < -0.3 is 16.0 Å². The maximum Gasteiger partial charge on any atom is 0.319 e. The van der Waals surface area contributed by atoms with Crippen molar-refractivity contribution in [1.82, 2.24) is 10.6 Å². The molecule has 0 aromatic heterocycles. The third-order valence-electron chi connectivity index (χ3n) is 2.32. The number of anilines is 1. The molecule has 0 bridgehead atoms. The molecule has 0 atom stereocenters. The second-order valence-electron chi connectivity index (χ2n) is 3.79. The molecule has 0 saturated carbocycles. The van der Waals surface area contributed by atoms with Gasteiger partial charge in [0.25, 0.3) is 0 Å². The SMILES string of the molecule is CNC(=O)CCCNC(=O)Nc1ccc(Cl)c(Cl)c1. The van der Waals surface area contributed by atoms with Crippen LogP contribution < -0.4 is 16.0 Å². The molecule has 1 rings (SSSR count). The van der Waals surface area contributed by atoms with E-state index in [2.05, 4.69) is 16.0 Å². The highest BCUT2D eigenvalue weighted by Crippen LogP contribution is 2.24. The molecule has 0 heterocycles. The van der Waals surface area contributed by atoms with Crippen molar-refractivity contribution >= 4 is 40.8 Å². The summed E-state index contributed by atoms with van der Waals surface area (Å²) in [6.07, 6.45) is 0.956. The number of urea groups is 1. The highest BCUT2D eigenvalue weighted by Gasteiger charge is 2.04. The zero-order valence-electron chi connectivity index (χ0n) is 10.4. The third-order valence-corrected chi connectivity index (χ3v) is 3.06. The molecule has 0 aliphatic heterocycles. The van der Waals surface area contributed by atoms with E-state index in [9.17, 15) is 9.59 Å². The topological polar surface area (TPSA) is 70.2 Å². The van der Waals surface area contributed by atoms with E-state index in [1.54, 1.807) is 25.2 Å². The molecule has 1 aromatic carbocycles. The molecule has 104 valence electrons. The first-order chi connectivity index (χ1) is 9.02. The Morgan fingerprint density at radius 3 is 2.58 bits per heavy atom. The Morgan fingerprint density at radius 2 is 1.95 bits per heavy atom. The molecule has 0 unspecified atom stereocenters. The van der Waals surface area contributed by atoms with Crippen LogP contribution in [0, 0.1) is 0 Å². The largest absolute Gasteiger partial charge is 0.359 e. The lowest BCUT2D eigenvalue weighted by atomic mass is 10.3. The van der Waals surface area contributed by atoms with Gasteiger partial charge in [-0.1, -0.05) is 23.2 Å². The van der Waals surface area contributed by atoms with Crippen molar-refractivity contribution in [3.63, 3.8) is 0 Å². The van der Waals surface area contributed by atoms with Crippen LogP contribution in [0.4, 0.5) is 10.5 Å². The molecule has 3 amide bonds. The van der Waals surface area contributed by atoms with Crippen LogP contribution in [0.3, 0.4) is 0 Å². The van der Waals surface area contributed by atoms with Gasteiger partial charge in [0, 0.05) is 25.7 Å². The van der Waals surface area contributed by atoms with Crippen molar-refractivity contribution in [1.29, 1.82) is 0 Å². The van der Waals surface area contributed by atoms with Gasteiger partial charge in [-0.25, -0.2) is 4.79 Å². The number of nitrogens with one attached hydrogen (secondary N) is 3. The van der Waals surface area contributed by atoms with E-state index in [4.69, 9.17) is 23.2 Å². The minimum absolute atomic E-state index is 0.0494. The highest BCUT2D eigenvalue weighted by molar-refractivity contribution is 6.42. The molecule has 5 nitrogen and oxygen atoms in total. The molecular weight excluding hydrogens is 289 g/mol. The smallest absolute Gasteiger partial charge is 0.319 e. The molecule has 0 saturated heterocycles. The normalized spacial score (nSPS) is 9.84. The quantitative estimate of drug-likeness (QED) is 0.732. The molecule has 19 heavy (non-hydrogen) atoms. The van der Waals surface area contributed by atoms with Crippen molar-refractivity contribution in [2.24, 2.45) is 0 Å². The molecule has 0 spiro atoms. The van der Waals surface area contributed by atoms with Gasteiger partial charge >= 0.3 is 6.03 Å². The molecule has 1 aromatic rings. The average Bonchev–Trinajstić information content (AvgIpc) is 2.38. The first-order valence-corrected chi connectivity index (χ1v) is 6.49. The van der Waals surface area contributed by atoms with Crippen LogP contribution in [0.25, 0.3) is 0 Å². The highest BCUT2D eigenvalue weighted by atomic mass is 35.5. The number of halogens is 2. The van der Waals surface area contributed by atoms with Crippen LogP contribution in [0.2, 0.25) is 10.0 Å². The van der Waals surface area contributed by atoms with E-state index < -0.39 is 0 Å². The third kappa shape index (κ3) is 5.81. The summed E-state index contributed by atoms with van der Waals surface area (Å²) >= 11 is 11.6. The number of benzene rings is 1. The molecule has 7 heteroatoms. The lowest BCUT2D eigenvalue weighted by Crippen LogP contribution is -2.30. The number of rotatable bonds is 5. The summed E-state index contributed by atoms with van der Waals surface area (Å²) in [6, 6.07) is 4.47. The molecule has 3 N–H and O–H groups in total. The van der Waals surface area contributed by atoms with Crippen molar-refractivity contribution in [3.8, 4) is 0 Å². The van der Waals surface area contributed by atoms with Crippen LogP contribution >= 0.6 is 23.2 Å². The number of hydrogen-bond donors (Lipinski definition) is 3. The fraction of sp³-hybridized carbons (Fsp3) is 0.333. The summed E-state index contributed by atoms with van der Waals surface area (Å²) < 4.78 is 0. The summed E-state index contributed by atoms with van der Waals surface area (Å²) in [5.74, 6) is -0.0494. The fourth-order valence-corrected chi connectivity index (χ4v) is 1.62. The maximum atomic E-state index is 11.5. The van der Waals surface area contributed by atoms with Gasteiger partial charge in [-0.2, -0.15) is 0 Å².